The Labute approximate surface area is 332 Å². The van der Waals surface area contributed by atoms with Crippen molar-refractivity contribution in [1.29, 1.82) is 0 Å². The zero-order chi connectivity index (χ0) is 37.3. The predicted octanol–water partition coefficient (Wildman–Crippen LogP) is 9.47. The SMILES string of the molecule is CCOc1cc(/C=C2\C(=O)NC(=O)N(c3cc4c5c(c3)[C@H](c3ccccc3)CCN5CC[C@@H]4c3ccccc3)C2=O)cc(I)c1OCc1ccc(Cl)cc1. The summed E-state index contributed by atoms with van der Waals surface area (Å²) in [7, 11) is 0. The Bertz CT molecular complexity index is 2210. The standard InChI is InChI=1S/C44H37ClIN3O5/c1-2-53-39-23-28(22-38(46)41(39)54-26-27-13-15-31(45)16-14-27)21-37-42(50)47-44(52)49(43(37)51)32-24-35-33(29-9-5-3-6-10-29)17-19-48-20-18-34(36(25-32)40(35)48)30-11-7-4-8-12-30/h3-16,21-25,33-34H,2,17-20,26H2,1H3,(H,47,50,52)/b37-21+/t33-,34+. The van der Waals surface area contributed by atoms with E-state index < -0.39 is 17.8 Å². The highest BCUT2D eigenvalue weighted by molar-refractivity contribution is 14.1. The molecular weight excluding hydrogens is 813 g/mol. The average Bonchev–Trinajstić information content (AvgIpc) is 3.18. The fraction of sp³-hybridized carbons (Fsp3) is 0.205. The molecule has 1 fully saturated rings. The fourth-order valence-electron chi connectivity index (χ4n) is 7.84. The number of imide groups is 2. The number of urea groups is 1. The van der Waals surface area contributed by atoms with E-state index in [4.69, 9.17) is 21.1 Å². The van der Waals surface area contributed by atoms with E-state index in [0.29, 0.717) is 41.0 Å². The minimum absolute atomic E-state index is 0.0739. The topological polar surface area (TPSA) is 88.2 Å². The Morgan fingerprint density at radius 3 is 2.02 bits per heavy atom. The van der Waals surface area contributed by atoms with Crippen LogP contribution < -0.4 is 24.6 Å². The molecule has 5 aromatic rings. The fourth-order valence-corrected chi connectivity index (χ4v) is 8.74. The molecule has 0 saturated carbocycles. The first kappa shape index (κ1) is 35.9. The molecule has 272 valence electrons. The van der Waals surface area contributed by atoms with Crippen LogP contribution in [0.2, 0.25) is 5.02 Å². The molecule has 0 radical (unpaired) electrons. The Kier molecular flexibility index (Phi) is 10.2. The van der Waals surface area contributed by atoms with Crippen LogP contribution in [0.4, 0.5) is 16.2 Å². The number of nitrogens with zero attached hydrogens (tertiary/aromatic N) is 2. The van der Waals surface area contributed by atoms with Crippen molar-refractivity contribution in [3.05, 3.63) is 157 Å². The molecule has 0 bridgehead atoms. The first-order valence-electron chi connectivity index (χ1n) is 18.1. The van der Waals surface area contributed by atoms with Crippen molar-refractivity contribution in [1.82, 2.24) is 5.32 Å². The van der Waals surface area contributed by atoms with Gasteiger partial charge < -0.3 is 14.4 Å². The number of anilines is 2. The Morgan fingerprint density at radius 2 is 1.43 bits per heavy atom. The Morgan fingerprint density at radius 1 is 0.815 bits per heavy atom. The van der Waals surface area contributed by atoms with Crippen LogP contribution in [0.5, 0.6) is 11.5 Å². The quantitative estimate of drug-likeness (QED) is 0.0904. The molecule has 3 aliphatic rings. The molecule has 0 aromatic heterocycles. The van der Waals surface area contributed by atoms with Crippen LogP contribution >= 0.6 is 34.2 Å². The number of hydrogen-bond acceptors (Lipinski definition) is 6. The zero-order valence-corrected chi connectivity index (χ0v) is 32.5. The van der Waals surface area contributed by atoms with Gasteiger partial charge in [-0.2, -0.15) is 0 Å². The average molecular weight is 850 g/mol. The number of carbonyl (C=O) groups excluding carboxylic acids is 3. The van der Waals surface area contributed by atoms with E-state index in [1.807, 2.05) is 85.8 Å². The number of amides is 4. The van der Waals surface area contributed by atoms with Crippen LogP contribution in [0.1, 0.15) is 65.0 Å². The molecule has 4 amide bonds. The molecule has 54 heavy (non-hydrogen) atoms. The molecule has 8 nitrogen and oxygen atoms in total. The number of carbonyl (C=O) groups is 3. The molecule has 8 rings (SSSR count). The molecule has 3 heterocycles. The van der Waals surface area contributed by atoms with Gasteiger partial charge in [0.25, 0.3) is 11.8 Å². The third-order valence-electron chi connectivity index (χ3n) is 10.3. The number of ether oxygens (including phenoxy) is 2. The van der Waals surface area contributed by atoms with Gasteiger partial charge in [-0.1, -0.05) is 84.4 Å². The van der Waals surface area contributed by atoms with Crippen molar-refractivity contribution in [2.75, 3.05) is 29.5 Å². The summed E-state index contributed by atoms with van der Waals surface area (Å²) < 4.78 is 12.9. The maximum Gasteiger partial charge on any atom is 0.335 e. The minimum Gasteiger partial charge on any atom is -0.490 e. The Balaban J connectivity index is 1.19. The van der Waals surface area contributed by atoms with E-state index in [2.05, 4.69) is 57.1 Å². The predicted molar refractivity (Wildman–Crippen MR) is 220 cm³/mol. The van der Waals surface area contributed by atoms with Crippen molar-refractivity contribution in [2.24, 2.45) is 0 Å². The van der Waals surface area contributed by atoms with Gasteiger partial charge in [0.2, 0.25) is 0 Å². The van der Waals surface area contributed by atoms with Crippen LogP contribution in [-0.2, 0) is 16.2 Å². The number of rotatable bonds is 9. The lowest BCUT2D eigenvalue weighted by molar-refractivity contribution is -0.122. The number of hydrogen-bond donors (Lipinski definition) is 1. The van der Waals surface area contributed by atoms with Crippen molar-refractivity contribution in [2.45, 2.75) is 38.2 Å². The van der Waals surface area contributed by atoms with Crippen LogP contribution in [-0.4, -0.2) is 37.5 Å². The molecule has 5 aromatic carbocycles. The lowest BCUT2D eigenvalue weighted by Gasteiger charge is -2.44. The van der Waals surface area contributed by atoms with E-state index >= 15 is 0 Å². The highest BCUT2D eigenvalue weighted by Gasteiger charge is 2.40. The van der Waals surface area contributed by atoms with Gasteiger partial charge in [-0.25, -0.2) is 9.69 Å². The van der Waals surface area contributed by atoms with E-state index in [1.165, 1.54) is 22.9 Å². The molecule has 1 saturated heterocycles. The molecule has 1 N–H and O–H groups in total. The second-order valence-electron chi connectivity index (χ2n) is 13.6. The molecule has 0 unspecified atom stereocenters. The normalized spacial score (nSPS) is 18.7. The monoisotopic (exact) mass is 849 g/mol. The zero-order valence-electron chi connectivity index (χ0n) is 29.6. The molecule has 2 atom stereocenters. The van der Waals surface area contributed by atoms with Gasteiger partial charge in [0, 0.05) is 35.6 Å². The first-order valence-corrected chi connectivity index (χ1v) is 19.5. The highest BCUT2D eigenvalue weighted by atomic mass is 127. The van der Waals surface area contributed by atoms with Crippen LogP contribution in [0.25, 0.3) is 6.08 Å². The van der Waals surface area contributed by atoms with Gasteiger partial charge in [0.05, 0.1) is 15.9 Å². The van der Waals surface area contributed by atoms with Gasteiger partial charge in [0.15, 0.2) is 11.5 Å². The number of benzene rings is 5. The summed E-state index contributed by atoms with van der Waals surface area (Å²) in [5.41, 5.74) is 7.47. The summed E-state index contributed by atoms with van der Waals surface area (Å²) in [6.07, 6.45) is 3.31. The van der Waals surface area contributed by atoms with Crippen molar-refractivity contribution >= 4 is 69.5 Å². The Hall–Kier alpha value is -5.13. The van der Waals surface area contributed by atoms with Gasteiger partial charge in [-0.05, 0) is 118 Å². The van der Waals surface area contributed by atoms with Crippen LogP contribution in [0.3, 0.4) is 0 Å². The molecule has 10 heteroatoms. The van der Waals surface area contributed by atoms with Gasteiger partial charge in [-0.15, -0.1) is 0 Å². The summed E-state index contributed by atoms with van der Waals surface area (Å²) in [6, 6.07) is 34.9. The molecule has 3 aliphatic heterocycles. The van der Waals surface area contributed by atoms with E-state index in [9.17, 15) is 14.4 Å². The van der Waals surface area contributed by atoms with Crippen molar-refractivity contribution < 1.29 is 23.9 Å². The van der Waals surface area contributed by atoms with Gasteiger partial charge >= 0.3 is 6.03 Å². The number of halogens is 2. The number of nitrogens with one attached hydrogen (secondary N) is 1. The molecule has 0 aliphatic carbocycles. The maximum atomic E-state index is 14.4. The number of barbiturate groups is 1. The smallest absolute Gasteiger partial charge is 0.335 e. The van der Waals surface area contributed by atoms with E-state index in [1.54, 1.807) is 6.07 Å². The lowest BCUT2D eigenvalue weighted by atomic mass is 9.76. The van der Waals surface area contributed by atoms with E-state index in [0.717, 1.165) is 51.1 Å². The van der Waals surface area contributed by atoms with Crippen LogP contribution in [0, 0.1) is 3.57 Å². The summed E-state index contributed by atoms with van der Waals surface area (Å²) in [5.74, 6) is -0.285. The first-order chi connectivity index (χ1) is 26.3. The third kappa shape index (κ3) is 6.98. The van der Waals surface area contributed by atoms with E-state index in [-0.39, 0.29) is 17.4 Å². The third-order valence-corrected chi connectivity index (χ3v) is 11.4. The summed E-state index contributed by atoms with van der Waals surface area (Å²) in [5, 5.41) is 3.09. The van der Waals surface area contributed by atoms with Crippen molar-refractivity contribution in [3.8, 4) is 11.5 Å². The molecular formula is C44H37ClIN3O5. The molecule has 0 spiro atoms. The van der Waals surface area contributed by atoms with Crippen molar-refractivity contribution in [3.63, 3.8) is 0 Å². The summed E-state index contributed by atoms with van der Waals surface area (Å²) in [6.45, 7) is 4.37. The lowest BCUT2D eigenvalue weighted by Crippen LogP contribution is -2.54. The van der Waals surface area contributed by atoms with Crippen LogP contribution in [0.15, 0.2) is 115 Å². The second kappa shape index (κ2) is 15.3. The van der Waals surface area contributed by atoms with Gasteiger partial charge in [0.1, 0.15) is 12.2 Å². The minimum atomic E-state index is -0.777. The summed E-state index contributed by atoms with van der Waals surface area (Å²) in [4.78, 5) is 45.1. The van der Waals surface area contributed by atoms with Gasteiger partial charge in [-0.3, -0.25) is 14.9 Å². The summed E-state index contributed by atoms with van der Waals surface area (Å²) >= 11 is 8.21. The largest absolute Gasteiger partial charge is 0.490 e. The highest BCUT2D eigenvalue weighted by Crippen LogP contribution is 2.50. The maximum absolute atomic E-state index is 14.4. The second-order valence-corrected chi connectivity index (χ2v) is 15.2.